The summed E-state index contributed by atoms with van der Waals surface area (Å²) < 4.78 is 5.29. The topological polar surface area (TPSA) is 105 Å². The lowest BCUT2D eigenvalue weighted by Gasteiger charge is -2.29. The number of nitrogens with zero attached hydrogens (tertiary/aromatic N) is 3. The maximum atomic E-state index is 12.0. The monoisotopic (exact) mass is 280 g/mol. The molecular weight excluding hydrogens is 260 g/mol. The van der Waals surface area contributed by atoms with Crippen molar-refractivity contribution in [2.24, 2.45) is 5.84 Å². The lowest BCUT2D eigenvalue weighted by atomic mass is 10.2. The van der Waals surface area contributed by atoms with Crippen LogP contribution in [0, 0.1) is 0 Å². The maximum absolute atomic E-state index is 12.0. The number of hydrogen-bond donors (Lipinski definition) is 3. The van der Waals surface area contributed by atoms with Gasteiger partial charge in [0.15, 0.2) is 5.82 Å². The highest BCUT2D eigenvalue weighted by atomic mass is 16.5. The third-order valence-corrected chi connectivity index (χ3v) is 3.03. The van der Waals surface area contributed by atoms with E-state index in [1.54, 1.807) is 0 Å². The summed E-state index contributed by atoms with van der Waals surface area (Å²) in [5, 5.41) is 2.90. The minimum atomic E-state index is -0.254. The Morgan fingerprint density at radius 1 is 1.50 bits per heavy atom. The number of hydrogen-bond acceptors (Lipinski definition) is 7. The molecule has 0 radical (unpaired) electrons. The Balaban J connectivity index is 1.86. The Labute approximate surface area is 117 Å². The minimum Gasteiger partial charge on any atom is -0.379 e. The quantitative estimate of drug-likeness (QED) is 0.479. The number of nitrogen functional groups attached to an aromatic ring is 1. The molecule has 4 N–H and O–H groups in total. The van der Waals surface area contributed by atoms with Crippen molar-refractivity contribution in [1.82, 2.24) is 20.2 Å². The van der Waals surface area contributed by atoms with Crippen LogP contribution >= 0.6 is 0 Å². The van der Waals surface area contributed by atoms with Crippen molar-refractivity contribution in [1.29, 1.82) is 0 Å². The highest BCUT2D eigenvalue weighted by Gasteiger charge is 2.16. The van der Waals surface area contributed by atoms with Gasteiger partial charge in [-0.05, 0) is 6.92 Å². The number of amides is 1. The summed E-state index contributed by atoms with van der Waals surface area (Å²) in [7, 11) is 0. The van der Waals surface area contributed by atoms with Crippen LogP contribution in [0.15, 0.2) is 12.4 Å². The number of hydrazine groups is 1. The zero-order valence-corrected chi connectivity index (χ0v) is 11.5. The second kappa shape index (κ2) is 7.13. The van der Waals surface area contributed by atoms with Gasteiger partial charge in [-0.25, -0.2) is 10.8 Å². The van der Waals surface area contributed by atoms with Gasteiger partial charge in [0.1, 0.15) is 5.69 Å². The maximum Gasteiger partial charge on any atom is 0.271 e. The van der Waals surface area contributed by atoms with Gasteiger partial charge in [-0.2, -0.15) is 0 Å². The highest BCUT2D eigenvalue weighted by Crippen LogP contribution is 2.02. The fourth-order valence-electron chi connectivity index (χ4n) is 2.06. The normalized spacial score (nSPS) is 17.5. The van der Waals surface area contributed by atoms with Crippen molar-refractivity contribution >= 4 is 11.7 Å². The molecule has 1 amide bonds. The first-order chi connectivity index (χ1) is 9.69. The van der Waals surface area contributed by atoms with Crippen LogP contribution < -0.4 is 16.6 Å². The van der Waals surface area contributed by atoms with Crippen molar-refractivity contribution in [3.8, 4) is 0 Å². The smallest absolute Gasteiger partial charge is 0.271 e. The Morgan fingerprint density at radius 2 is 2.25 bits per heavy atom. The number of anilines is 1. The van der Waals surface area contributed by atoms with Gasteiger partial charge in [-0.1, -0.05) is 0 Å². The van der Waals surface area contributed by atoms with Crippen LogP contribution in [0.1, 0.15) is 17.4 Å². The molecule has 8 heteroatoms. The summed E-state index contributed by atoms with van der Waals surface area (Å²) in [5.41, 5.74) is 2.61. The summed E-state index contributed by atoms with van der Waals surface area (Å²) in [5.74, 6) is 5.35. The Morgan fingerprint density at radius 3 is 2.95 bits per heavy atom. The van der Waals surface area contributed by atoms with Gasteiger partial charge < -0.3 is 15.5 Å². The molecule has 0 spiro atoms. The van der Waals surface area contributed by atoms with Gasteiger partial charge in [-0.3, -0.25) is 14.7 Å². The van der Waals surface area contributed by atoms with E-state index in [0.29, 0.717) is 5.82 Å². The predicted octanol–water partition coefficient (Wildman–Crippen LogP) is -0.787. The third-order valence-electron chi connectivity index (χ3n) is 3.03. The molecule has 110 valence electrons. The second-order valence-corrected chi connectivity index (χ2v) is 4.72. The standard InChI is InChI=1S/C12H20N6O2/c1-9(8-18-2-4-20-5-3-18)15-12(19)10-6-14-7-11(16-10)17-13/h6-7,9H,2-5,8,13H2,1H3,(H,15,19)(H,16,17). The lowest BCUT2D eigenvalue weighted by Crippen LogP contribution is -2.46. The van der Waals surface area contributed by atoms with Gasteiger partial charge in [0, 0.05) is 25.7 Å². The van der Waals surface area contributed by atoms with E-state index in [1.807, 2.05) is 6.92 Å². The van der Waals surface area contributed by atoms with E-state index in [4.69, 9.17) is 10.6 Å². The number of rotatable bonds is 5. The number of morpholine rings is 1. The number of nitrogens with two attached hydrogens (primary N) is 1. The summed E-state index contributed by atoms with van der Waals surface area (Å²) in [6.45, 7) is 6.04. The van der Waals surface area contributed by atoms with Crippen LogP contribution in [0.25, 0.3) is 0 Å². The fraction of sp³-hybridized carbons (Fsp3) is 0.583. The zero-order chi connectivity index (χ0) is 14.4. The number of nitrogens with one attached hydrogen (secondary N) is 2. The van der Waals surface area contributed by atoms with E-state index < -0.39 is 0 Å². The van der Waals surface area contributed by atoms with E-state index in [9.17, 15) is 4.79 Å². The Bertz CT molecular complexity index is 449. The van der Waals surface area contributed by atoms with Gasteiger partial charge in [0.2, 0.25) is 0 Å². The van der Waals surface area contributed by atoms with Gasteiger partial charge >= 0.3 is 0 Å². The molecule has 0 aromatic carbocycles. The zero-order valence-electron chi connectivity index (χ0n) is 11.5. The molecule has 1 aliphatic heterocycles. The average molecular weight is 280 g/mol. The first kappa shape index (κ1) is 14.6. The first-order valence-electron chi connectivity index (χ1n) is 6.58. The van der Waals surface area contributed by atoms with Crippen molar-refractivity contribution in [3.63, 3.8) is 0 Å². The van der Waals surface area contributed by atoms with Crippen molar-refractivity contribution in [2.75, 3.05) is 38.3 Å². The average Bonchev–Trinajstić information content (AvgIpc) is 2.48. The Hall–Kier alpha value is -1.77. The van der Waals surface area contributed by atoms with Gasteiger partial charge in [0.05, 0.1) is 25.6 Å². The molecule has 1 saturated heterocycles. The predicted molar refractivity (Wildman–Crippen MR) is 74.0 cm³/mol. The minimum absolute atomic E-state index is 0.0249. The second-order valence-electron chi connectivity index (χ2n) is 4.72. The molecule has 1 fully saturated rings. The molecular formula is C12H20N6O2. The fourth-order valence-corrected chi connectivity index (χ4v) is 2.06. The largest absolute Gasteiger partial charge is 0.379 e. The molecule has 1 atom stereocenters. The third kappa shape index (κ3) is 4.12. The van der Waals surface area contributed by atoms with Crippen LogP contribution in [0.3, 0.4) is 0 Å². The van der Waals surface area contributed by atoms with E-state index in [2.05, 4.69) is 25.6 Å². The highest BCUT2D eigenvalue weighted by molar-refractivity contribution is 5.92. The molecule has 20 heavy (non-hydrogen) atoms. The van der Waals surface area contributed by atoms with Crippen LogP contribution in [0.4, 0.5) is 5.82 Å². The van der Waals surface area contributed by atoms with Crippen LogP contribution in [0.5, 0.6) is 0 Å². The van der Waals surface area contributed by atoms with Gasteiger partial charge in [0.25, 0.3) is 5.91 Å². The molecule has 2 heterocycles. The van der Waals surface area contributed by atoms with Gasteiger partial charge in [-0.15, -0.1) is 0 Å². The molecule has 1 aliphatic rings. The molecule has 0 saturated carbocycles. The summed E-state index contributed by atoms with van der Waals surface area (Å²) >= 11 is 0. The van der Waals surface area contributed by atoms with E-state index in [-0.39, 0.29) is 17.6 Å². The molecule has 0 bridgehead atoms. The molecule has 0 aliphatic carbocycles. The SMILES string of the molecule is CC(CN1CCOCC1)NC(=O)c1cncc(NN)n1. The summed E-state index contributed by atoms with van der Waals surface area (Å²) in [6.07, 6.45) is 2.87. The summed E-state index contributed by atoms with van der Waals surface area (Å²) in [4.78, 5) is 22.3. The van der Waals surface area contributed by atoms with E-state index >= 15 is 0 Å². The van der Waals surface area contributed by atoms with Crippen molar-refractivity contribution in [3.05, 3.63) is 18.1 Å². The number of aromatic nitrogens is 2. The number of ether oxygens (including phenoxy) is 1. The molecule has 8 nitrogen and oxygen atoms in total. The first-order valence-corrected chi connectivity index (χ1v) is 6.58. The number of carbonyl (C=O) groups is 1. The molecule has 1 aromatic heterocycles. The van der Waals surface area contributed by atoms with Crippen LogP contribution in [0.2, 0.25) is 0 Å². The van der Waals surface area contributed by atoms with Crippen LogP contribution in [-0.4, -0.2) is 59.7 Å². The molecule has 1 aromatic rings. The van der Waals surface area contributed by atoms with Crippen molar-refractivity contribution < 1.29 is 9.53 Å². The van der Waals surface area contributed by atoms with E-state index in [0.717, 1.165) is 32.8 Å². The lowest BCUT2D eigenvalue weighted by molar-refractivity contribution is 0.0342. The van der Waals surface area contributed by atoms with Crippen molar-refractivity contribution in [2.45, 2.75) is 13.0 Å². The molecule has 1 unspecified atom stereocenters. The summed E-state index contributed by atoms with van der Waals surface area (Å²) in [6, 6.07) is 0.0249. The molecule has 2 rings (SSSR count). The number of carbonyl (C=O) groups excluding carboxylic acids is 1. The van der Waals surface area contributed by atoms with E-state index in [1.165, 1.54) is 12.4 Å². The Kier molecular flexibility index (Phi) is 5.22. The van der Waals surface area contributed by atoms with Crippen LogP contribution in [-0.2, 0) is 4.74 Å².